The zero-order valence-corrected chi connectivity index (χ0v) is 12.0. The van der Waals surface area contributed by atoms with E-state index in [1.54, 1.807) is 24.3 Å². The molecule has 0 saturated heterocycles. The lowest BCUT2D eigenvalue weighted by molar-refractivity contribution is -0.154. The van der Waals surface area contributed by atoms with Crippen molar-refractivity contribution in [2.24, 2.45) is 0 Å². The first-order chi connectivity index (χ1) is 10.3. The maximum absolute atomic E-state index is 12.6. The second-order valence-electron chi connectivity index (χ2n) is 4.76. The number of carboxylic acid groups (broad SMARTS) is 1. The fourth-order valence-electron chi connectivity index (χ4n) is 2.18. The molecule has 0 aliphatic carbocycles. The van der Waals surface area contributed by atoms with Crippen molar-refractivity contribution in [3.05, 3.63) is 41.0 Å². The van der Waals surface area contributed by atoms with E-state index in [9.17, 15) is 18.0 Å². The Kier molecular flexibility index (Phi) is 4.87. The minimum absolute atomic E-state index is 0.184. The normalized spacial score (nSPS) is 12.0. The molecule has 0 fully saturated rings. The molecule has 0 aliphatic heterocycles. The predicted molar refractivity (Wildman–Crippen MR) is 75.7 cm³/mol. The standard InChI is InChI=1S/C14H12ClF3N2O2/c15-11-4-3-9(13-10(11)2-1-5-19-13)6-20(7-12(21)22)8-14(16,17)18/h1-5H,6-8H2,(H,21,22). The first kappa shape index (κ1) is 16.5. The lowest BCUT2D eigenvalue weighted by atomic mass is 10.1. The highest BCUT2D eigenvalue weighted by molar-refractivity contribution is 6.35. The lowest BCUT2D eigenvalue weighted by Gasteiger charge is -2.22. The zero-order chi connectivity index (χ0) is 16.3. The highest BCUT2D eigenvalue weighted by Crippen LogP contribution is 2.26. The number of halogens is 4. The van der Waals surface area contributed by atoms with E-state index >= 15 is 0 Å². The van der Waals surface area contributed by atoms with Gasteiger partial charge in [-0.2, -0.15) is 13.2 Å². The Balaban J connectivity index is 2.33. The van der Waals surface area contributed by atoms with E-state index in [1.807, 2.05) is 0 Å². The Labute approximate surface area is 129 Å². The summed E-state index contributed by atoms with van der Waals surface area (Å²) in [4.78, 5) is 15.7. The molecular formula is C14H12ClF3N2O2. The minimum atomic E-state index is -4.48. The number of carboxylic acids is 1. The summed E-state index contributed by atoms with van der Waals surface area (Å²) in [6.07, 6.45) is -2.97. The van der Waals surface area contributed by atoms with Gasteiger partial charge in [-0.05, 0) is 23.8 Å². The minimum Gasteiger partial charge on any atom is -0.480 e. The number of fused-ring (bicyclic) bond motifs is 1. The van der Waals surface area contributed by atoms with Crippen LogP contribution in [0.3, 0.4) is 0 Å². The molecule has 1 N–H and O–H groups in total. The third-order valence-electron chi connectivity index (χ3n) is 2.96. The van der Waals surface area contributed by atoms with Crippen LogP contribution in [0.1, 0.15) is 5.56 Å². The van der Waals surface area contributed by atoms with Gasteiger partial charge in [-0.15, -0.1) is 0 Å². The van der Waals surface area contributed by atoms with Gasteiger partial charge in [0.2, 0.25) is 0 Å². The van der Waals surface area contributed by atoms with Crippen molar-refractivity contribution >= 4 is 28.5 Å². The molecule has 0 radical (unpaired) electrons. The predicted octanol–water partition coefficient (Wildman–Crippen LogP) is 3.34. The van der Waals surface area contributed by atoms with Crippen molar-refractivity contribution in [3.8, 4) is 0 Å². The van der Waals surface area contributed by atoms with E-state index in [1.165, 1.54) is 6.20 Å². The number of hydrogen-bond acceptors (Lipinski definition) is 3. The van der Waals surface area contributed by atoms with E-state index in [2.05, 4.69) is 4.98 Å². The summed E-state index contributed by atoms with van der Waals surface area (Å²) in [5, 5.41) is 9.82. The summed E-state index contributed by atoms with van der Waals surface area (Å²) in [7, 11) is 0. The number of aromatic nitrogens is 1. The molecule has 118 valence electrons. The lowest BCUT2D eigenvalue weighted by Crippen LogP contribution is -2.37. The molecule has 8 heteroatoms. The summed E-state index contributed by atoms with van der Waals surface area (Å²) in [6.45, 7) is -2.21. The molecule has 0 saturated carbocycles. The van der Waals surface area contributed by atoms with Gasteiger partial charge in [0.25, 0.3) is 0 Å². The van der Waals surface area contributed by atoms with Crippen LogP contribution in [-0.4, -0.2) is 40.2 Å². The fourth-order valence-corrected chi connectivity index (χ4v) is 2.39. The van der Waals surface area contributed by atoms with Crippen molar-refractivity contribution in [2.45, 2.75) is 12.7 Å². The summed E-state index contributed by atoms with van der Waals surface area (Å²) in [5.74, 6) is -1.32. The highest BCUT2D eigenvalue weighted by Gasteiger charge is 2.31. The van der Waals surface area contributed by atoms with Crippen LogP contribution in [0.25, 0.3) is 10.9 Å². The fraction of sp³-hybridized carbons (Fsp3) is 0.286. The van der Waals surface area contributed by atoms with Gasteiger partial charge in [-0.1, -0.05) is 17.7 Å². The van der Waals surface area contributed by atoms with Crippen molar-refractivity contribution in [2.75, 3.05) is 13.1 Å². The first-order valence-electron chi connectivity index (χ1n) is 6.29. The van der Waals surface area contributed by atoms with E-state index in [0.717, 1.165) is 4.90 Å². The van der Waals surface area contributed by atoms with E-state index in [-0.39, 0.29) is 6.54 Å². The summed E-state index contributed by atoms with van der Waals surface area (Å²) >= 11 is 6.03. The van der Waals surface area contributed by atoms with E-state index in [4.69, 9.17) is 16.7 Å². The molecule has 0 spiro atoms. The molecule has 1 aromatic carbocycles. The quantitative estimate of drug-likeness (QED) is 0.912. The number of nitrogens with zero attached hydrogens (tertiary/aromatic N) is 2. The SMILES string of the molecule is O=C(O)CN(Cc1ccc(Cl)c2cccnc12)CC(F)(F)F. The van der Waals surface area contributed by atoms with Gasteiger partial charge >= 0.3 is 12.1 Å². The molecule has 0 aliphatic rings. The summed E-state index contributed by atoms with van der Waals surface area (Å²) < 4.78 is 37.7. The Morgan fingerprint density at radius 1 is 1.32 bits per heavy atom. The Morgan fingerprint density at radius 3 is 2.68 bits per heavy atom. The Morgan fingerprint density at radius 2 is 2.05 bits per heavy atom. The van der Waals surface area contributed by atoms with Crippen LogP contribution in [0, 0.1) is 0 Å². The second kappa shape index (κ2) is 6.50. The van der Waals surface area contributed by atoms with Crippen LogP contribution in [0.4, 0.5) is 13.2 Å². The van der Waals surface area contributed by atoms with Crippen LogP contribution < -0.4 is 0 Å². The van der Waals surface area contributed by atoms with E-state index < -0.39 is 25.2 Å². The third-order valence-corrected chi connectivity index (χ3v) is 3.29. The second-order valence-corrected chi connectivity index (χ2v) is 5.17. The molecule has 1 aromatic heterocycles. The molecule has 0 bridgehead atoms. The van der Waals surface area contributed by atoms with Gasteiger partial charge < -0.3 is 5.11 Å². The Bertz CT molecular complexity index is 691. The number of alkyl halides is 3. The maximum Gasteiger partial charge on any atom is 0.401 e. The number of aliphatic carboxylic acids is 1. The van der Waals surface area contributed by atoms with Gasteiger partial charge in [-0.3, -0.25) is 14.7 Å². The molecule has 2 aromatic rings. The first-order valence-corrected chi connectivity index (χ1v) is 6.67. The third kappa shape index (κ3) is 4.32. The van der Waals surface area contributed by atoms with Crippen LogP contribution in [0.5, 0.6) is 0 Å². The van der Waals surface area contributed by atoms with Gasteiger partial charge in [0.15, 0.2) is 0 Å². The highest BCUT2D eigenvalue weighted by atomic mass is 35.5. The molecule has 2 rings (SSSR count). The Hall–Kier alpha value is -1.86. The number of carbonyl (C=O) groups is 1. The van der Waals surface area contributed by atoms with E-state index in [0.29, 0.717) is 21.5 Å². The van der Waals surface area contributed by atoms with Crippen LogP contribution in [0.15, 0.2) is 30.5 Å². The van der Waals surface area contributed by atoms with Crippen LogP contribution in [-0.2, 0) is 11.3 Å². The molecule has 1 heterocycles. The topological polar surface area (TPSA) is 53.4 Å². The summed E-state index contributed by atoms with van der Waals surface area (Å²) in [5.41, 5.74) is 0.957. The molecular weight excluding hydrogens is 321 g/mol. The maximum atomic E-state index is 12.6. The largest absolute Gasteiger partial charge is 0.480 e. The number of benzene rings is 1. The monoisotopic (exact) mass is 332 g/mol. The van der Waals surface area contributed by atoms with Crippen LogP contribution >= 0.6 is 11.6 Å². The molecule has 4 nitrogen and oxygen atoms in total. The number of pyridine rings is 1. The molecule has 22 heavy (non-hydrogen) atoms. The van der Waals surface area contributed by atoms with Gasteiger partial charge in [-0.25, -0.2) is 0 Å². The molecule has 0 atom stereocenters. The van der Waals surface area contributed by atoms with Crippen molar-refractivity contribution < 1.29 is 23.1 Å². The van der Waals surface area contributed by atoms with Crippen LogP contribution in [0.2, 0.25) is 5.02 Å². The average Bonchev–Trinajstić information content (AvgIpc) is 2.40. The van der Waals surface area contributed by atoms with Crippen molar-refractivity contribution in [3.63, 3.8) is 0 Å². The molecule has 0 amide bonds. The van der Waals surface area contributed by atoms with Gasteiger partial charge in [0.05, 0.1) is 18.6 Å². The summed E-state index contributed by atoms with van der Waals surface area (Å²) in [6, 6.07) is 6.50. The zero-order valence-electron chi connectivity index (χ0n) is 11.3. The average molecular weight is 333 g/mol. The van der Waals surface area contributed by atoms with Crippen molar-refractivity contribution in [1.82, 2.24) is 9.88 Å². The number of hydrogen-bond donors (Lipinski definition) is 1. The van der Waals surface area contributed by atoms with Gasteiger partial charge in [0, 0.05) is 23.2 Å². The smallest absolute Gasteiger partial charge is 0.401 e. The molecule has 0 unspecified atom stereocenters. The van der Waals surface area contributed by atoms with Gasteiger partial charge in [0.1, 0.15) is 0 Å². The number of rotatable bonds is 5. The van der Waals surface area contributed by atoms with Crippen molar-refractivity contribution in [1.29, 1.82) is 0 Å².